The van der Waals surface area contributed by atoms with Crippen LogP contribution in [0.15, 0.2) is 0 Å². The van der Waals surface area contributed by atoms with Crippen molar-refractivity contribution in [2.24, 2.45) is 5.92 Å². The second-order valence-electron chi connectivity index (χ2n) is 3.15. The van der Waals surface area contributed by atoms with Gasteiger partial charge in [0.1, 0.15) is 0 Å². The summed E-state index contributed by atoms with van der Waals surface area (Å²) in [6.07, 6.45) is 3.93. The summed E-state index contributed by atoms with van der Waals surface area (Å²) in [7, 11) is -4.24. The predicted molar refractivity (Wildman–Crippen MR) is 51.3 cm³/mol. The summed E-state index contributed by atoms with van der Waals surface area (Å²) in [4.78, 5) is 16.8. The molecular weight excluding hydrogens is 191 g/mol. The van der Waals surface area contributed by atoms with Crippen LogP contribution >= 0.6 is 7.82 Å². The minimum Gasteiger partial charge on any atom is -0.303 e. The molecule has 0 atom stereocenters. The number of rotatable bonds is 7. The summed E-state index contributed by atoms with van der Waals surface area (Å²) in [5, 5.41) is 0. The molecule has 2 N–H and O–H groups in total. The molecule has 0 aliphatic carbocycles. The molecule has 80 valence electrons. The molecule has 13 heavy (non-hydrogen) atoms. The van der Waals surface area contributed by atoms with Crippen LogP contribution in [0.1, 0.15) is 39.5 Å². The van der Waals surface area contributed by atoms with Gasteiger partial charge in [-0.15, -0.1) is 0 Å². The third-order valence-corrected chi connectivity index (χ3v) is 2.69. The fourth-order valence-corrected chi connectivity index (χ4v) is 1.62. The molecule has 0 spiro atoms. The van der Waals surface area contributed by atoms with Crippen molar-refractivity contribution in [3.8, 4) is 0 Å². The molecule has 5 heteroatoms. The minimum absolute atomic E-state index is 0.154. The predicted octanol–water partition coefficient (Wildman–Crippen LogP) is 2.31. The van der Waals surface area contributed by atoms with Gasteiger partial charge in [0, 0.05) is 0 Å². The molecule has 0 bridgehead atoms. The van der Waals surface area contributed by atoms with Crippen LogP contribution in [0.4, 0.5) is 0 Å². The van der Waals surface area contributed by atoms with E-state index in [1.165, 1.54) is 0 Å². The fourth-order valence-electron chi connectivity index (χ4n) is 1.25. The normalized spacial score (nSPS) is 12.4. The minimum atomic E-state index is -4.24. The first-order valence-electron chi connectivity index (χ1n) is 4.69. The van der Waals surface area contributed by atoms with Gasteiger partial charge in [-0.2, -0.15) is 0 Å². The number of phosphoric acid groups is 1. The number of phosphoric ester groups is 1. The van der Waals surface area contributed by atoms with E-state index in [0.29, 0.717) is 5.92 Å². The van der Waals surface area contributed by atoms with Crippen LogP contribution in [0.3, 0.4) is 0 Å². The van der Waals surface area contributed by atoms with Crippen LogP contribution in [-0.4, -0.2) is 16.4 Å². The van der Waals surface area contributed by atoms with Crippen molar-refractivity contribution < 1.29 is 18.9 Å². The summed E-state index contributed by atoms with van der Waals surface area (Å²) in [5.41, 5.74) is 0. The molecule has 0 aliphatic rings. The van der Waals surface area contributed by atoms with Crippen molar-refractivity contribution in [3.05, 3.63) is 0 Å². The van der Waals surface area contributed by atoms with Crippen molar-refractivity contribution in [1.82, 2.24) is 0 Å². The Morgan fingerprint density at radius 2 is 1.85 bits per heavy atom. The zero-order chi connectivity index (χ0) is 10.3. The van der Waals surface area contributed by atoms with Gasteiger partial charge in [-0.1, -0.05) is 26.7 Å². The molecule has 0 rings (SSSR count). The lowest BCUT2D eigenvalue weighted by Gasteiger charge is -2.11. The SMILES string of the molecule is CCC(CC)CCCOP(=O)(O)O. The maximum atomic E-state index is 10.3. The van der Waals surface area contributed by atoms with Gasteiger partial charge in [0.15, 0.2) is 0 Å². The van der Waals surface area contributed by atoms with Crippen molar-refractivity contribution in [1.29, 1.82) is 0 Å². The molecule has 4 nitrogen and oxygen atoms in total. The summed E-state index contributed by atoms with van der Waals surface area (Å²) in [5.74, 6) is 0.653. The molecule has 0 saturated carbocycles. The lowest BCUT2D eigenvalue weighted by Crippen LogP contribution is -2.00. The number of hydrogen-bond acceptors (Lipinski definition) is 2. The second-order valence-corrected chi connectivity index (χ2v) is 4.39. The van der Waals surface area contributed by atoms with Gasteiger partial charge in [0.05, 0.1) is 6.61 Å². The van der Waals surface area contributed by atoms with Gasteiger partial charge in [-0.3, -0.25) is 4.52 Å². The van der Waals surface area contributed by atoms with Crippen LogP contribution in [0.2, 0.25) is 0 Å². The third-order valence-electron chi connectivity index (χ3n) is 2.17. The van der Waals surface area contributed by atoms with Crippen LogP contribution in [-0.2, 0) is 9.09 Å². The van der Waals surface area contributed by atoms with E-state index in [0.717, 1.165) is 25.7 Å². The molecule has 0 heterocycles. The molecule has 0 amide bonds. The Morgan fingerprint density at radius 1 is 1.31 bits per heavy atom. The van der Waals surface area contributed by atoms with Gasteiger partial charge in [-0.05, 0) is 18.8 Å². The lowest BCUT2D eigenvalue weighted by molar-refractivity contribution is 0.189. The quantitative estimate of drug-likeness (QED) is 0.500. The first kappa shape index (κ1) is 13.1. The molecule has 0 fully saturated rings. The summed E-state index contributed by atoms with van der Waals surface area (Å²) >= 11 is 0. The molecule has 0 aliphatic heterocycles. The number of hydrogen-bond donors (Lipinski definition) is 2. The zero-order valence-corrected chi connectivity index (χ0v) is 9.17. The maximum Gasteiger partial charge on any atom is 0.469 e. The highest BCUT2D eigenvalue weighted by atomic mass is 31.2. The Kier molecular flexibility index (Phi) is 6.60. The van der Waals surface area contributed by atoms with Crippen molar-refractivity contribution in [2.75, 3.05) is 6.61 Å². The average Bonchev–Trinajstić information content (AvgIpc) is 2.03. The molecule has 0 aromatic carbocycles. The monoisotopic (exact) mass is 210 g/mol. The van der Waals surface area contributed by atoms with Gasteiger partial charge in [0.2, 0.25) is 0 Å². The Bertz CT molecular complexity index is 162. The van der Waals surface area contributed by atoms with Crippen molar-refractivity contribution in [2.45, 2.75) is 39.5 Å². The van der Waals surface area contributed by atoms with E-state index in [2.05, 4.69) is 18.4 Å². The fraction of sp³-hybridized carbons (Fsp3) is 1.00. The highest BCUT2D eigenvalue weighted by Gasteiger charge is 2.13. The van der Waals surface area contributed by atoms with E-state index < -0.39 is 7.82 Å². The zero-order valence-electron chi connectivity index (χ0n) is 8.27. The molecule has 0 aromatic heterocycles. The van der Waals surface area contributed by atoms with E-state index in [9.17, 15) is 4.57 Å². The van der Waals surface area contributed by atoms with Crippen molar-refractivity contribution >= 4 is 7.82 Å². The Labute approximate surface area is 79.5 Å². The van der Waals surface area contributed by atoms with Gasteiger partial charge in [0.25, 0.3) is 0 Å². The van der Waals surface area contributed by atoms with Gasteiger partial charge < -0.3 is 9.79 Å². The highest BCUT2D eigenvalue weighted by Crippen LogP contribution is 2.35. The van der Waals surface area contributed by atoms with E-state index in [1.807, 2.05) is 0 Å². The Hall–Kier alpha value is 0.110. The first-order chi connectivity index (χ1) is 5.99. The topological polar surface area (TPSA) is 66.8 Å². The summed E-state index contributed by atoms with van der Waals surface area (Å²) in [6, 6.07) is 0. The Balaban J connectivity index is 3.40. The standard InChI is InChI=1S/C8H19O4P/c1-3-8(4-2)6-5-7-12-13(9,10)11/h8H,3-7H2,1-2H3,(H2,9,10,11). The highest BCUT2D eigenvalue weighted by molar-refractivity contribution is 7.46. The third kappa shape index (κ3) is 8.44. The molecule has 0 unspecified atom stereocenters. The molecule has 0 radical (unpaired) electrons. The smallest absolute Gasteiger partial charge is 0.303 e. The van der Waals surface area contributed by atoms with Gasteiger partial charge in [-0.25, -0.2) is 4.57 Å². The average molecular weight is 210 g/mol. The van der Waals surface area contributed by atoms with Gasteiger partial charge >= 0.3 is 7.82 Å². The molecular formula is C8H19O4P. The lowest BCUT2D eigenvalue weighted by atomic mass is 9.98. The van der Waals surface area contributed by atoms with Crippen molar-refractivity contribution in [3.63, 3.8) is 0 Å². The molecule has 0 aromatic rings. The van der Waals surface area contributed by atoms with E-state index >= 15 is 0 Å². The molecule has 0 saturated heterocycles. The Morgan fingerprint density at radius 3 is 2.23 bits per heavy atom. The van der Waals surface area contributed by atoms with Crippen LogP contribution < -0.4 is 0 Å². The van der Waals surface area contributed by atoms with E-state index in [-0.39, 0.29) is 6.61 Å². The van der Waals surface area contributed by atoms with Crippen LogP contribution in [0, 0.1) is 5.92 Å². The largest absolute Gasteiger partial charge is 0.469 e. The van der Waals surface area contributed by atoms with Crippen LogP contribution in [0.25, 0.3) is 0 Å². The first-order valence-corrected chi connectivity index (χ1v) is 6.22. The second kappa shape index (κ2) is 6.55. The van der Waals surface area contributed by atoms with E-state index in [4.69, 9.17) is 9.79 Å². The summed E-state index contributed by atoms with van der Waals surface area (Å²) < 4.78 is 14.6. The summed E-state index contributed by atoms with van der Waals surface area (Å²) in [6.45, 7) is 4.40. The van der Waals surface area contributed by atoms with E-state index in [1.54, 1.807) is 0 Å². The maximum absolute atomic E-state index is 10.3. The van der Waals surface area contributed by atoms with Crippen LogP contribution in [0.5, 0.6) is 0 Å².